The predicted molar refractivity (Wildman–Crippen MR) is 54.7 cm³/mol. The van der Waals surface area contributed by atoms with Gasteiger partial charge < -0.3 is 0 Å². The van der Waals surface area contributed by atoms with Crippen LogP contribution in [0.2, 0.25) is 0 Å². The van der Waals surface area contributed by atoms with Crippen molar-refractivity contribution in [2.45, 2.75) is 33.2 Å². The van der Waals surface area contributed by atoms with Crippen molar-refractivity contribution in [3.63, 3.8) is 0 Å². The summed E-state index contributed by atoms with van der Waals surface area (Å²) in [6, 6.07) is 5.89. The van der Waals surface area contributed by atoms with Crippen molar-refractivity contribution in [1.82, 2.24) is 0 Å². The molecule has 1 aromatic carbocycles. The normalized spacial score (nSPS) is 12.5. The van der Waals surface area contributed by atoms with Crippen molar-refractivity contribution in [1.29, 1.82) is 0 Å². The number of rotatable bonds is 3. The third-order valence-corrected chi connectivity index (χ3v) is 2.43. The fourth-order valence-corrected chi connectivity index (χ4v) is 1.34. The molecule has 0 heterocycles. The molecule has 0 saturated heterocycles. The lowest BCUT2D eigenvalue weighted by atomic mass is 10.0. The zero-order chi connectivity index (χ0) is 9.84. The number of nitrogens with zero attached hydrogens (tertiary/aromatic N) is 1. The molecule has 1 rings (SSSR count). The van der Waals surface area contributed by atoms with Crippen LogP contribution in [0.15, 0.2) is 23.4 Å². The van der Waals surface area contributed by atoms with Crippen LogP contribution in [-0.4, -0.2) is 0 Å². The van der Waals surface area contributed by atoms with Gasteiger partial charge in [-0.2, -0.15) is 4.91 Å². The molecule has 70 valence electrons. The number of aryl methyl sites for hydroxylation is 2. The highest BCUT2D eigenvalue weighted by Crippen LogP contribution is 2.22. The average molecular weight is 177 g/mol. The Morgan fingerprint density at radius 3 is 2.46 bits per heavy atom. The van der Waals surface area contributed by atoms with E-state index in [1.165, 1.54) is 11.1 Å². The van der Waals surface area contributed by atoms with E-state index in [0.717, 1.165) is 12.0 Å². The van der Waals surface area contributed by atoms with E-state index in [-0.39, 0.29) is 6.04 Å². The van der Waals surface area contributed by atoms with Gasteiger partial charge in [-0.05, 0) is 37.0 Å². The van der Waals surface area contributed by atoms with Gasteiger partial charge in [-0.15, -0.1) is 0 Å². The molecular weight excluding hydrogens is 162 g/mol. The van der Waals surface area contributed by atoms with Crippen LogP contribution < -0.4 is 0 Å². The molecule has 2 nitrogen and oxygen atoms in total. The van der Waals surface area contributed by atoms with Crippen LogP contribution in [0.5, 0.6) is 0 Å². The van der Waals surface area contributed by atoms with E-state index in [2.05, 4.69) is 19.0 Å². The maximum atomic E-state index is 10.5. The second-order valence-corrected chi connectivity index (χ2v) is 3.37. The molecule has 1 aromatic rings. The van der Waals surface area contributed by atoms with E-state index in [9.17, 15) is 4.91 Å². The van der Waals surface area contributed by atoms with E-state index in [1.807, 2.05) is 25.1 Å². The molecule has 0 aliphatic carbocycles. The van der Waals surface area contributed by atoms with Crippen LogP contribution in [0.1, 0.15) is 36.1 Å². The summed E-state index contributed by atoms with van der Waals surface area (Å²) >= 11 is 0. The van der Waals surface area contributed by atoms with E-state index < -0.39 is 0 Å². The quantitative estimate of drug-likeness (QED) is 0.649. The molecule has 1 atom stereocenters. The highest BCUT2D eigenvalue weighted by atomic mass is 16.3. The van der Waals surface area contributed by atoms with Crippen molar-refractivity contribution < 1.29 is 0 Å². The third-order valence-electron chi connectivity index (χ3n) is 2.43. The topological polar surface area (TPSA) is 29.4 Å². The minimum absolute atomic E-state index is 0.181. The maximum absolute atomic E-state index is 10.5. The largest absolute Gasteiger partial charge is 0.150 e. The first-order valence-electron chi connectivity index (χ1n) is 4.58. The molecule has 0 N–H and O–H groups in total. The van der Waals surface area contributed by atoms with Gasteiger partial charge in [-0.1, -0.05) is 30.3 Å². The lowest BCUT2D eigenvalue weighted by Gasteiger charge is -2.08. The van der Waals surface area contributed by atoms with Crippen molar-refractivity contribution in [2.24, 2.45) is 5.18 Å². The second-order valence-electron chi connectivity index (χ2n) is 3.37. The molecule has 13 heavy (non-hydrogen) atoms. The lowest BCUT2D eigenvalue weighted by Crippen LogP contribution is -1.94. The maximum Gasteiger partial charge on any atom is 0.117 e. The Labute approximate surface area is 79.0 Å². The number of hydrogen-bond acceptors (Lipinski definition) is 2. The summed E-state index contributed by atoms with van der Waals surface area (Å²) in [6.07, 6.45) is 0.770. The molecular formula is C11H15NO. The molecule has 1 unspecified atom stereocenters. The van der Waals surface area contributed by atoms with Crippen molar-refractivity contribution in [2.75, 3.05) is 0 Å². The van der Waals surface area contributed by atoms with Crippen LogP contribution in [0.4, 0.5) is 0 Å². The van der Waals surface area contributed by atoms with Crippen LogP contribution in [0.25, 0.3) is 0 Å². The van der Waals surface area contributed by atoms with Gasteiger partial charge in [0.05, 0.1) is 0 Å². The number of hydrogen-bond donors (Lipinski definition) is 0. The fourth-order valence-electron chi connectivity index (χ4n) is 1.34. The Morgan fingerprint density at radius 2 is 2.00 bits per heavy atom. The van der Waals surface area contributed by atoms with Gasteiger partial charge in [0.2, 0.25) is 0 Å². The van der Waals surface area contributed by atoms with Crippen LogP contribution in [0, 0.1) is 18.8 Å². The summed E-state index contributed by atoms with van der Waals surface area (Å²) in [4.78, 5) is 10.5. The highest BCUT2D eigenvalue weighted by molar-refractivity contribution is 5.31. The van der Waals surface area contributed by atoms with Gasteiger partial charge in [0.25, 0.3) is 0 Å². The summed E-state index contributed by atoms with van der Waals surface area (Å²) in [5.74, 6) is 0. The monoisotopic (exact) mass is 177 g/mol. The first kappa shape index (κ1) is 9.90. The van der Waals surface area contributed by atoms with Gasteiger partial charge in [-0.3, -0.25) is 0 Å². The Balaban J connectivity index is 3.01. The molecule has 0 spiro atoms. The van der Waals surface area contributed by atoms with Crippen molar-refractivity contribution in [3.05, 3.63) is 39.8 Å². The summed E-state index contributed by atoms with van der Waals surface area (Å²) in [5.41, 5.74) is 3.50. The molecule has 0 saturated carbocycles. The molecule has 0 aromatic heterocycles. The molecule has 0 aliphatic heterocycles. The van der Waals surface area contributed by atoms with Crippen LogP contribution in [0.3, 0.4) is 0 Å². The van der Waals surface area contributed by atoms with Gasteiger partial charge in [0.1, 0.15) is 6.04 Å². The van der Waals surface area contributed by atoms with E-state index >= 15 is 0 Å². The predicted octanol–water partition coefficient (Wildman–Crippen LogP) is 3.52. The van der Waals surface area contributed by atoms with Crippen molar-refractivity contribution in [3.8, 4) is 0 Å². The average Bonchev–Trinajstić information content (AvgIpc) is 2.13. The Bertz CT molecular complexity index is 307. The smallest absolute Gasteiger partial charge is 0.117 e. The van der Waals surface area contributed by atoms with Crippen molar-refractivity contribution >= 4 is 0 Å². The number of nitroso groups, excluding NO2 is 1. The summed E-state index contributed by atoms with van der Waals surface area (Å²) in [7, 11) is 0. The first-order valence-corrected chi connectivity index (χ1v) is 4.58. The SMILES string of the molecule is CCC(N=O)c1ccc(C)c(C)c1. The zero-order valence-electron chi connectivity index (χ0n) is 8.37. The van der Waals surface area contributed by atoms with Gasteiger partial charge >= 0.3 is 0 Å². The zero-order valence-corrected chi connectivity index (χ0v) is 8.37. The van der Waals surface area contributed by atoms with E-state index in [1.54, 1.807) is 0 Å². The van der Waals surface area contributed by atoms with Crippen LogP contribution >= 0.6 is 0 Å². The van der Waals surface area contributed by atoms with Gasteiger partial charge in [-0.25, -0.2) is 0 Å². The number of benzene rings is 1. The van der Waals surface area contributed by atoms with Gasteiger partial charge in [0, 0.05) is 0 Å². The minimum atomic E-state index is -0.181. The van der Waals surface area contributed by atoms with Gasteiger partial charge in [0.15, 0.2) is 0 Å². The lowest BCUT2D eigenvalue weighted by molar-refractivity contribution is 0.694. The van der Waals surface area contributed by atoms with E-state index in [4.69, 9.17) is 0 Å². The standard InChI is InChI=1S/C11H15NO/c1-4-11(12-13)10-6-5-8(2)9(3)7-10/h5-7,11H,4H2,1-3H3. The first-order chi connectivity index (χ1) is 6.19. The molecule has 0 aliphatic rings. The fraction of sp³-hybridized carbons (Fsp3) is 0.455. The van der Waals surface area contributed by atoms with E-state index in [0.29, 0.717) is 0 Å². The Morgan fingerprint density at radius 1 is 1.31 bits per heavy atom. The summed E-state index contributed by atoms with van der Waals surface area (Å²) < 4.78 is 0. The van der Waals surface area contributed by atoms with Crippen LogP contribution in [-0.2, 0) is 0 Å². The third kappa shape index (κ3) is 2.14. The second kappa shape index (κ2) is 4.17. The highest BCUT2D eigenvalue weighted by Gasteiger charge is 2.08. The summed E-state index contributed by atoms with van der Waals surface area (Å²) in [6.45, 7) is 6.09. The molecule has 0 amide bonds. The molecule has 0 radical (unpaired) electrons. The Hall–Kier alpha value is -1.18. The molecule has 0 fully saturated rings. The molecule has 0 bridgehead atoms. The minimum Gasteiger partial charge on any atom is -0.150 e. The Kier molecular flexibility index (Phi) is 3.18. The molecule has 2 heteroatoms. The summed E-state index contributed by atoms with van der Waals surface area (Å²) in [5, 5.41) is 3.10.